The van der Waals surface area contributed by atoms with Crippen molar-refractivity contribution in [2.75, 3.05) is 7.11 Å². The van der Waals surface area contributed by atoms with E-state index in [9.17, 15) is 9.90 Å². The van der Waals surface area contributed by atoms with Crippen molar-refractivity contribution in [2.45, 2.75) is 6.92 Å². The molecule has 3 aromatic rings. The minimum Gasteiger partial charge on any atom is -0.497 e. The maximum absolute atomic E-state index is 11.4. The highest BCUT2D eigenvalue weighted by Gasteiger charge is 2.18. The highest BCUT2D eigenvalue weighted by Crippen LogP contribution is 2.25. The molecule has 0 saturated heterocycles. The monoisotopic (exact) mass is 310 g/mol. The standard InChI is InChI=1S/C16H14N4O3/c1-10-3-8-13-17-14(16(21)22)15(20(13)9-10)19-18-11-4-6-12(23-2)7-5-11/h3-9H,1-2H3,(H,21,22). The number of imidazole rings is 1. The van der Waals surface area contributed by atoms with Crippen molar-refractivity contribution in [3.63, 3.8) is 0 Å². The van der Waals surface area contributed by atoms with E-state index in [1.807, 2.05) is 13.0 Å². The van der Waals surface area contributed by atoms with Gasteiger partial charge in [-0.15, -0.1) is 10.2 Å². The van der Waals surface area contributed by atoms with Gasteiger partial charge in [0.2, 0.25) is 0 Å². The van der Waals surface area contributed by atoms with E-state index in [-0.39, 0.29) is 11.5 Å². The molecule has 3 rings (SSSR count). The van der Waals surface area contributed by atoms with Crippen LogP contribution in [0, 0.1) is 6.92 Å². The number of pyridine rings is 1. The predicted octanol–water partition coefficient (Wildman–Crippen LogP) is 3.76. The van der Waals surface area contributed by atoms with E-state index in [4.69, 9.17) is 4.74 Å². The summed E-state index contributed by atoms with van der Waals surface area (Å²) in [6, 6.07) is 10.6. The normalized spacial score (nSPS) is 11.2. The van der Waals surface area contributed by atoms with Crippen LogP contribution in [0.3, 0.4) is 0 Å². The van der Waals surface area contributed by atoms with Crippen molar-refractivity contribution in [1.82, 2.24) is 9.38 Å². The number of nitrogens with zero attached hydrogens (tertiary/aromatic N) is 4. The minimum absolute atomic E-state index is 0.132. The summed E-state index contributed by atoms with van der Waals surface area (Å²) in [7, 11) is 1.58. The molecule has 2 heterocycles. The van der Waals surface area contributed by atoms with Crippen molar-refractivity contribution in [3.05, 3.63) is 53.9 Å². The molecule has 0 saturated carbocycles. The second kappa shape index (κ2) is 5.88. The lowest BCUT2D eigenvalue weighted by Crippen LogP contribution is -1.96. The van der Waals surface area contributed by atoms with E-state index in [1.54, 1.807) is 48.0 Å². The maximum Gasteiger partial charge on any atom is 0.358 e. The summed E-state index contributed by atoms with van der Waals surface area (Å²) >= 11 is 0. The Hall–Kier alpha value is -3.22. The van der Waals surface area contributed by atoms with E-state index in [1.165, 1.54) is 0 Å². The molecule has 0 spiro atoms. The zero-order valence-electron chi connectivity index (χ0n) is 12.6. The Morgan fingerprint density at radius 3 is 2.57 bits per heavy atom. The Bertz CT molecular complexity index is 898. The van der Waals surface area contributed by atoms with Gasteiger partial charge in [0.15, 0.2) is 11.5 Å². The molecular weight excluding hydrogens is 296 g/mol. The maximum atomic E-state index is 11.4. The van der Waals surface area contributed by atoms with Gasteiger partial charge < -0.3 is 9.84 Å². The van der Waals surface area contributed by atoms with Gasteiger partial charge in [-0.25, -0.2) is 9.78 Å². The number of aromatic carboxylic acids is 1. The highest BCUT2D eigenvalue weighted by molar-refractivity contribution is 5.91. The Balaban J connectivity index is 2.06. The number of rotatable bonds is 4. The molecule has 116 valence electrons. The summed E-state index contributed by atoms with van der Waals surface area (Å²) in [5.41, 5.74) is 1.93. The highest BCUT2D eigenvalue weighted by atomic mass is 16.5. The number of benzene rings is 1. The third-order valence-corrected chi connectivity index (χ3v) is 3.28. The molecule has 23 heavy (non-hydrogen) atoms. The first-order chi connectivity index (χ1) is 11.1. The van der Waals surface area contributed by atoms with Gasteiger partial charge >= 0.3 is 5.97 Å². The summed E-state index contributed by atoms with van der Waals surface area (Å²) in [5.74, 6) is -0.248. The van der Waals surface area contributed by atoms with Crippen LogP contribution < -0.4 is 4.74 Å². The number of carbonyl (C=O) groups is 1. The van der Waals surface area contributed by atoms with Gasteiger partial charge in [0.05, 0.1) is 12.8 Å². The van der Waals surface area contributed by atoms with Crippen LogP contribution >= 0.6 is 0 Å². The Labute approximate surface area is 131 Å². The van der Waals surface area contributed by atoms with Crippen LogP contribution in [0.2, 0.25) is 0 Å². The third-order valence-electron chi connectivity index (χ3n) is 3.28. The zero-order chi connectivity index (χ0) is 16.4. The topological polar surface area (TPSA) is 88.5 Å². The largest absolute Gasteiger partial charge is 0.497 e. The summed E-state index contributed by atoms with van der Waals surface area (Å²) in [6.07, 6.45) is 1.77. The molecule has 0 bridgehead atoms. The first kappa shape index (κ1) is 14.7. The summed E-state index contributed by atoms with van der Waals surface area (Å²) in [6.45, 7) is 1.91. The number of azo groups is 1. The van der Waals surface area contributed by atoms with E-state index >= 15 is 0 Å². The Kier molecular flexibility index (Phi) is 3.76. The molecular formula is C16H14N4O3. The average molecular weight is 310 g/mol. The first-order valence-corrected chi connectivity index (χ1v) is 6.86. The number of methoxy groups -OCH3 is 1. The molecule has 0 unspecified atom stereocenters. The van der Waals surface area contributed by atoms with Gasteiger partial charge in [-0.2, -0.15) is 0 Å². The fourth-order valence-corrected chi connectivity index (χ4v) is 2.13. The van der Waals surface area contributed by atoms with Crippen LogP contribution in [0.25, 0.3) is 5.65 Å². The second-order valence-corrected chi connectivity index (χ2v) is 4.92. The van der Waals surface area contributed by atoms with E-state index in [0.717, 1.165) is 5.56 Å². The summed E-state index contributed by atoms with van der Waals surface area (Å²) in [5, 5.41) is 17.5. The van der Waals surface area contributed by atoms with Crippen molar-refractivity contribution >= 4 is 23.1 Å². The minimum atomic E-state index is -1.14. The lowest BCUT2D eigenvalue weighted by molar-refractivity contribution is 0.0692. The van der Waals surface area contributed by atoms with Gasteiger partial charge in [0.1, 0.15) is 11.4 Å². The molecule has 7 nitrogen and oxygen atoms in total. The predicted molar refractivity (Wildman–Crippen MR) is 84.1 cm³/mol. The van der Waals surface area contributed by atoms with Gasteiger partial charge in [0.25, 0.3) is 0 Å². The quantitative estimate of drug-likeness (QED) is 0.743. The fraction of sp³-hybridized carbons (Fsp3) is 0.125. The summed E-state index contributed by atoms with van der Waals surface area (Å²) in [4.78, 5) is 15.5. The molecule has 0 fully saturated rings. The third kappa shape index (κ3) is 2.89. The Morgan fingerprint density at radius 2 is 1.91 bits per heavy atom. The number of aromatic nitrogens is 2. The van der Waals surface area contributed by atoms with E-state index in [2.05, 4.69) is 15.2 Å². The number of fused-ring (bicyclic) bond motifs is 1. The molecule has 0 radical (unpaired) electrons. The van der Waals surface area contributed by atoms with Crippen LogP contribution in [0.1, 0.15) is 16.1 Å². The fourth-order valence-electron chi connectivity index (χ4n) is 2.13. The molecule has 7 heteroatoms. The molecule has 2 aromatic heterocycles. The lowest BCUT2D eigenvalue weighted by atomic mass is 10.3. The number of hydrogen-bond donors (Lipinski definition) is 1. The molecule has 1 aromatic carbocycles. The van der Waals surface area contributed by atoms with Gasteiger partial charge in [0, 0.05) is 6.20 Å². The molecule has 1 N–H and O–H groups in total. The number of hydrogen-bond acceptors (Lipinski definition) is 5. The molecule has 0 atom stereocenters. The van der Waals surface area contributed by atoms with E-state index < -0.39 is 5.97 Å². The molecule has 0 aliphatic carbocycles. The van der Waals surface area contributed by atoms with Crippen LogP contribution in [0.15, 0.2) is 52.8 Å². The van der Waals surface area contributed by atoms with Crippen LogP contribution in [0.4, 0.5) is 11.5 Å². The molecule has 0 aliphatic rings. The van der Waals surface area contributed by atoms with E-state index in [0.29, 0.717) is 17.1 Å². The van der Waals surface area contributed by atoms with Gasteiger partial charge in [-0.3, -0.25) is 4.40 Å². The Morgan fingerprint density at radius 1 is 1.17 bits per heavy atom. The average Bonchev–Trinajstić information content (AvgIpc) is 2.91. The number of carboxylic acid groups (broad SMARTS) is 1. The van der Waals surface area contributed by atoms with Crippen LogP contribution in [-0.4, -0.2) is 27.6 Å². The second-order valence-electron chi connectivity index (χ2n) is 4.92. The van der Waals surface area contributed by atoms with Crippen LogP contribution in [-0.2, 0) is 0 Å². The van der Waals surface area contributed by atoms with Crippen LogP contribution in [0.5, 0.6) is 5.75 Å². The molecule has 0 amide bonds. The van der Waals surface area contributed by atoms with Crippen molar-refractivity contribution < 1.29 is 14.6 Å². The molecule has 0 aliphatic heterocycles. The van der Waals surface area contributed by atoms with Crippen molar-refractivity contribution in [2.24, 2.45) is 10.2 Å². The number of aryl methyl sites for hydroxylation is 1. The number of carboxylic acids is 1. The smallest absolute Gasteiger partial charge is 0.358 e. The SMILES string of the molecule is COc1ccc(N=Nc2c(C(=O)O)nc3ccc(C)cn23)cc1. The lowest BCUT2D eigenvalue weighted by Gasteiger charge is -1.99. The van der Waals surface area contributed by atoms with Crippen molar-refractivity contribution in [3.8, 4) is 5.75 Å². The number of ether oxygens (including phenoxy) is 1. The van der Waals surface area contributed by atoms with Gasteiger partial charge in [-0.1, -0.05) is 6.07 Å². The summed E-state index contributed by atoms with van der Waals surface area (Å²) < 4.78 is 6.69. The van der Waals surface area contributed by atoms with Crippen molar-refractivity contribution in [1.29, 1.82) is 0 Å². The van der Waals surface area contributed by atoms with Gasteiger partial charge in [-0.05, 0) is 42.8 Å². The first-order valence-electron chi connectivity index (χ1n) is 6.86. The zero-order valence-corrected chi connectivity index (χ0v) is 12.6.